The lowest BCUT2D eigenvalue weighted by atomic mass is 10.2. The fourth-order valence-electron chi connectivity index (χ4n) is 2.68. The number of benzene rings is 3. The lowest BCUT2D eigenvalue weighted by Gasteiger charge is -2.11. The molecule has 0 saturated heterocycles. The molecule has 1 N–H and O–H groups in total. The summed E-state index contributed by atoms with van der Waals surface area (Å²) in [5, 5.41) is 2.23. The van der Waals surface area contributed by atoms with Gasteiger partial charge in [0.2, 0.25) is 0 Å². The van der Waals surface area contributed by atoms with Gasteiger partial charge < -0.3 is 10.1 Å². The molecule has 0 heterocycles. The first-order valence-corrected chi connectivity index (χ1v) is 10.9. The van der Waals surface area contributed by atoms with E-state index in [4.69, 9.17) is 4.74 Å². The molecule has 0 aliphatic heterocycles. The van der Waals surface area contributed by atoms with E-state index in [1.165, 1.54) is 36.4 Å². The van der Waals surface area contributed by atoms with E-state index in [2.05, 4.69) is 5.32 Å². The van der Waals surface area contributed by atoms with E-state index in [1.807, 2.05) is 0 Å². The molecule has 156 valence electrons. The summed E-state index contributed by atoms with van der Waals surface area (Å²) in [6, 6.07) is 18.8. The first kappa shape index (κ1) is 21.5. The zero-order chi connectivity index (χ0) is 21.7. The Bertz CT molecular complexity index is 1120. The Morgan fingerprint density at radius 1 is 1.00 bits per heavy atom. The smallest absolute Gasteiger partial charge is 0.255 e. The van der Waals surface area contributed by atoms with E-state index in [-0.39, 0.29) is 23.2 Å². The molecule has 0 aliphatic rings. The molecule has 30 heavy (non-hydrogen) atoms. The van der Waals surface area contributed by atoms with E-state index < -0.39 is 15.1 Å². The number of nitrogens with one attached hydrogen (secondary N) is 1. The van der Waals surface area contributed by atoms with Crippen molar-refractivity contribution in [2.24, 2.45) is 0 Å². The van der Waals surface area contributed by atoms with Crippen LogP contribution in [0.1, 0.15) is 29.8 Å². The Labute approximate surface area is 175 Å². The first-order valence-electron chi connectivity index (χ1n) is 9.38. The number of hydrogen-bond donors (Lipinski definition) is 1. The zero-order valence-corrected chi connectivity index (χ0v) is 17.4. The maximum Gasteiger partial charge on any atom is 0.255 e. The summed E-state index contributed by atoms with van der Waals surface area (Å²) in [5.41, 5.74) is 1.70. The standard InChI is InChI=1S/C23H22FNO4S/c1-16(2)30(27,28)22-12-8-18(9-13-22)23(26)25-20-4-3-5-21(14-20)29-15-17-6-10-19(24)11-7-17/h3-14,16H,15H2,1-2H3,(H,25,26). The van der Waals surface area contributed by atoms with E-state index >= 15 is 0 Å². The van der Waals surface area contributed by atoms with Gasteiger partial charge in [-0.25, -0.2) is 12.8 Å². The minimum absolute atomic E-state index is 0.185. The normalized spacial score (nSPS) is 11.3. The van der Waals surface area contributed by atoms with Crippen molar-refractivity contribution < 1.29 is 22.3 Å². The summed E-state index contributed by atoms with van der Waals surface area (Å²) < 4.78 is 43.0. The third kappa shape index (κ3) is 5.24. The average molecular weight is 427 g/mol. The second-order valence-electron chi connectivity index (χ2n) is 7.02. The van der Waals surface area contributed by atoms with Gasteiger partial charge in [0, 0.05) is 17.3 Å². The molecule has 0 spiro atoms. The Hall–Kier alpha value is -3.19. The van der Waals surface area contributed by atoms with Crippen LogP contribution in [0.4, 0.5) is 10.1 Å². The van der Waals surface area contributed by atoms with E-state index in [0.29, 0.717) is 17.0 Å². The number of rotatable bonds is 7. The molecular weight excluding hydrogens is 405 g/mol. The lowest BCUT2D eigenvalue weighted by molar-refractivity contribution is 0.102. The SMILES string of the molecule is CC(C)S(=O)(=O)c1ccc(C(=O)Nc2cccc(OCc3ccc(F)cc3)c2)cc1. The Kier molecular flexibility index (Phi) is 6.52. The van der Waals surface area contributed by atoms with Gasteiger partial charge in [0.15, 0.2) is 9.84 Å². The van der Waals surface area contributed by atoms with Gasteiger partial charge in [-0.05, 0) is 67.9 Å². The molecule has 3 aromatic carbocycles. The molecule has 0 radical (unpaired) electrons. The van der Waals surface area contributed by atoms with Crippen LogP contribution in [0.5, 0.6) is 5.75 Å². The van der Waals surface area contributed by atoms with Gasteiger partial charge in [-0.15, -0.1) is 0 Å². The Morgan fingerprint density at radius 3 is 2.30 bits per heavy atom. The molecule has 7 heteroatoms. The fourth-order valence-corrected chi connectivity index (χ4v) is 3.74. The minimum Gasteiger partial charge on any atom is -0.489 e. The van der Waals surface area contributed by atoms with Crippen LogP contribution in [0.25, 0.3) is 0 Å². The van der Waals surface area contributed by atoms with Crippen LogP contribution in [0, 0.1) is 5.82 Å². The number of hydrogen-bond acceptors (Lipinski definition) is 4. The molecule has 5 nitrogen and oxygen atoms in total. The lowest BCUT2D eigenvalue weighted by Crippen LogP contribution is -2.15. The van der Waals surface area contributed by atoms with Crippen LogP contribution in [0.2, 0.25) is 0 Å². The number of halogens is 1. The van der Waals surface area contributed by atoms with Crippen molar-refractivity contribution in [1.29, 1.82) is 0 Å². The molecule has 3 aromatic rings. The van der Waals surface area contributed by atoms with Crippen LogP contribution < -0.4 is 10.1 Å². The van der Waals surface area contributed by atoms with Gasteiger partial charge in [0.25, 0.3) is 5.91 Å². The molecule has 1 amide bonds. The van der Waals surface area contributed by atoms with Crippen LogP contribution in [-0.2, 0) is 16.4 Å². The fraction of sp³-hybridized carbons (Fsp3) is 0.174. The minimum atomic E-state index is -3.38. The van der Waals surface area contributed by atoms with Crippen molar-refractivity contribution in [3.63, 3.8) is 0 Å². The van der Waals surface area contributed by atoms with Gasteiger partial charge in [0.1, 0.15) is 18.2 Å². The predicted molar refractivity (Wildman–Crippen MR) is 114 cm³/mol. The maximum absolute atomic E-state index is 13.0. The molecule has 0 unspecified atom stereocenters. The van der Waals surface area contributed by atoms with Crippen molar-refractivity contribution >= 4 is 21.4 Å². The molecular formula is C23H22FNO4S. The highest BCUT2D eigenvalue weighted by Gasteiger charge is 2.19. The van der Waals surface area contributed by atoms with Crippen LogP contribution in [0.3, 0.4) is 0 Å². The maximum atomic E-state index is 13.0. The summed E-state index contributed by atoms with van der Waals surface area (Å²) in [6.07, 6.45) is 0. The Morgan fingerprint density at radius 2 is 1.67 bits per heavy atom. The molecule has 0 aliphatic carbocycles. The summed E-state index contributed by atoms with van der Waals surface area (Å²) >= 11 is 0. The molecule has 3 rings (SSSR count). The topological polar surface area (TPSA) is 72.5 Å². The monoisotopic (exact) mass is 427 g/mol. The van der Waals surface area contributed by atoms with Crippen molar-refractivity contribution in [3.05, 3.63) is 89.7 Å². The van der Waals surface area contributed by atoms with Crippen molar-refractivity contribution in [3.8, 4) is 5.75 Å². The summed E-state index contributed by atoms with van der Waals surface area (Å²) in [4.78, 5) is 12.7. The van der Waals surface area contributed by atoms with Gasteiger partial charge >= 0.3 is 0 Å². The van der Waals surface area contributed by atoms with Crippen LogP contribution in [0.15, 0.2) is 77.7 Å². The third-order valence-electron chi connectivity index (χ3n) is 4.48. The van der Waals surface area contributed by atoms with Crippen LogP contribution >= 0.6 is 0 Å². The number of anilines is 1. The largest absolute Gasteiger partial charge is 0.489 e. The summed E-state index contributed by atoms with van der Waals surface area (Å²) in [6.45, 7) is 3.49. The van der Waals surface area contributed by atoms with Crippen molar-refractivity contribution in [1.82, 2.24) is 0 Å². The number of carbonyl (C=O) groups is 1. The number of ether oxygens (including phenoxy) is 1. The van der Waals surface area contributed by atoms with Gasteiger partial charge in [-0.3, -0.25) is 4.79 Å². The molecule has 0 bridgehead atoms. The molecule has 0 atom stereocenters. The summed E-state index contributed by atoms with van der Waals surface area (Å²) in [7, 11) is -3.38. The highest BCUT2D eigenvalue weighted by molar-refractivity contribution is 7.92. The highest BCUT2D eigenvalue weighted by atomic mass is 32.2. The highest BCUT2D eigenvalue weighted by Crippen LogP contribution is 2.21. The first-order chi connectivity index (χ1) is 14.3. The number of amides is 1. The predicted octanol–water partition coefficient (Wildman–Crippen LogP) is 4.84. The van der Waals surface area contributed by atoms with Gasteiger partial charge in [-0.1, -0.05) is 18.2 Å². The van der Waals surface area contributed by atoms with E-state index in [1.54, 1.807) is 50.2 Å². The molecule has 0 saturated carbocycles. The second kappa shape index (κ2) is 9.09. The van der Waals surface area contributed by atoms with E-state index in [0.717, 1.165) is 5.56 Å². The van der Waals surface area contributed by atoms with Crippen LogP contribution in [-0.4, -0.2) is 19.6 Å². The Balaban J connectivity index is 1.65. The van der Waals surface area contributed by atoms with Gasteiger partial charge in [0.05, 0.1) is 10.1 Å². The number of sulfone groups is 1. The van der Waals surface area contributed by atoms with E-state index in [9.17, 15) is 17.6 Å². The quantitative estimate of drug-likeness (QED) is 0.586. The molecule has 0 aromatic heterocycles. The van der Waals surface area contributed by atoms with Crippen molar-refractivity contribution in [2.75, 3.05) is 5.32 Å². The summed E-state index contributed by atoms with van der Waals surface area (Å²) in [5.74, 6) is -0.118. The van der Waals surface area contributed by atoms with Crippen molar-refractivity contribution in [2.45, 2.75) is 30.6 Å². The molecule has 0 fully saturated rings. The second-order valence-corrected chi connectivity index (χ2v) is 9.52. The average Bonchev–Trinajstić information content (AvgIpc) is 2.73. The number of carbonyl (C=O) groups excluding carboxylic acids is 1. The zero-order valence-electron chi connectivity index (χ0n) is 16.6. The van der Waals surface area contributed by atoms with Gasteiger partial charge in [-0.2, -0.15) is 0 Å². The third-order valence-corrected chi connectivity index (χ3v) is 6.65.